The molecule has 160 valence electrons. The molecule has 0 unspecified atom stereocenters. The molecule has 0 aliphatic heterocycles. The summed E-state index contributed by atoms with van der Waals surface area (Å²) >= 11 is 4.57. The molecular formula is C20H25N5O2S3. The van der Waals surface area contributed by atoms with Crippen molar-refractivity contribution >= 4 is 56.3 Å². The van der Waals surface area contributed by atoms with Crippen molar-refractivity contribution in [2.75, 3.05) is 30.5 Å². The first-order chi connectivity index (χ1) is 14.4. The van der Waals surface area contributed by atoms with Crippen LogP contribution < -0.4 is 10.2 Å². The molecule has 2 heterocycles. The van der Waals surface area contributed by atoms with Gasteiger partial charge in [-0.2, -0.15) is 0 Å². The third-order valence-electron chi connectivity index (χ3n) is 4.24. The number of thiazole rings is 1. The SMILES string of the molecule is COCCNc1nnc(SCc2csc(N(C(C)=O)c3c(C)cc(C)cc3C)n2)s1. The van der Waals surface area contributed by atoms with Gasteiger partial charge in [-0.25, -0.2) is 4.98 Å². The number of thioether (sulfide) groups is 1. The second-order valence-corrected chi connectivity index (χ2v) is 9.84. The predicted molar refractivity (Wildman–Crippen MR) is 125 cm³/mol. The Labute approximate surface area is 188 Å². The first-order valence-corrected chi connectivity index (χ1v) is 12.1. The van der Waals surface area contributed by atoms with E-state index in [0.717, 1.165) is 32.0 Å². The quantitative estimate of drug-likeness (QED) is 0.355. The van der Waals surface area contributed by atoms with Crippen molar-refractivity contribution in [3.05, 3.63) is 39.9 Å². The number of nitrogens with one attached hydrogen (secondary N) is 1. The van der Waals surface area contributed by atoms with Gasteiger partial charge in [-0.3, -0.25) is 9.69 Å². The molecule has 3 aromatic rings. The number of carbonyl (C=O) groups excluding carboxylic acids is 1. The Bertz CT molecular complexity index is 995. The number of rotatable bonds is 9. The Morgan fingerprint density at radius 2 is 1.97 bits per heavy atom. The van der Waals surface area contributed by atoms with Crippen LogP contribution in [0.5, 0.6) is 0 Å². The molecule has 10 heteroatoms. The standard InChI is InChI=1S/C20H25N5O2S3/c1-12-8-13(2)17(14(3)9-12)25(15(4)26)19-22-16(10-28-19)11-29-20-24-23-18(30-20)21-6-7-27-5/h8-10H,6-7,11H2,1-5H3,(H,21,23). The van der Waals surface area contributed by atoms with E-state index in [-0.39, 0.29) is 5.91 Å². The molecule has 0 saturated carbocycles. The summed E-state index contributed by atoms with van der Waals surface area (Å²) in [6, 6.07) is 4.19. The molecule has 0 aliphatic rings. The first kappa shape index (κ1) is 22.7. The Morgan fingerprint density at radius 1 is 1.23 bits per heavy atom. The van der Waals surface area contributed by atoms with Crippen LogP contribution in [-0.4, -0.2) is 41.3 Å². The van der Waals surface area contributed by atoms with Crippen molar-refractivity contribution in [2.24, 2.45) is 0 Å². The number of hydrogen-bond acceptors (Lipinski definition) is 9. The number of nitrogens with zero attached hydrogens (tertiary/aromatic N) is 4. The minimum atomic E-state index is -0.0468. The zero-order valence-electron chi connectivity index (χ0n) is 17.7. The summed E-state index contributed by atoms with van der Waals surface area (Å²) in [5, 5.41) is 15.0. The third-order valence-corrected chi connectivity index (χ3v) is 7.16. The zero-order valence-corrected chi connectivity index (χ0v) is 20.1. The average Bonchev–Trinajstić information content (AvgIpc) is 3.32. The molecule has 30 heavy (non-hydrogen) atoms. The second-order valence-electron chi connectivity index (χ2n) is 6.80. The summed E-state index contributed by atoms with van der Waals surface area (Å²) in [6.07, 6.45) is 0. The van der Waals surface area contributed by atoms with E-state index in [1.807, 2.05) is 19.2 Å². The maximum atomic E-state index is 12.5. The van der Waals surface area contributed by atoms with E-state index in [2.05, 4.69) is 34.6 Å². The lowest BCUT2D eigenvalue weighted by molar-refractivity contribution is -0.115. The average molecular weight is 464 g/mol. The lowest BCUT2D eigenvalue weighted by Gasteiger charge is -2.23. The number of aryl methyl sites for hydroxylation is 3. The van der Waals surface area contributed by atoms with E-state index in [9.17, 15) is 4.79 Å². The highest BCUT2D eigenvalue weighted by Gasteiger charge is 2.22. The van der Waals surface area contributed by atoms with E-state index in [1.54, 1.807) is 30.7 Å². The van der Waals surface area contributed by atoms with Crippen molar-refractivity contribution in [2.45, 2.75) is 37.8 Å². The minimum absolute atomic E-state index is 0.0468. The molecule has 0 spiro atoms. The normalized spacial score (nSPS) is 11.0. The highest BCUT2D eigenvalue weighted by Crippen LogP contribution is 2.36. The number of carbonyl (C=O) groups is 1. The van der Waals surface area contributed by atoms with Crippen LogP contribution in [0.1, 0.15) is 29.3 Å². The Morgan fingerprint density at radius 3 is 2.63 bits per heavy atom. The van der Waals surface area contributed by atoms with E-state index >= 15 is 0 Å². The fraction of sp³-hybridized carbons (Fsp3) is 0.400. The number of ether oxygens (including phenoxy) is 1. The van der Waals surface area contributed by atoms with Crippen LogP contribution in [0.3, 0.4) is 0 Å². The van der Waals surface area contributed by atoms with Gasteiger partial charge in [0.15, 0.2) is 9.47 Å². The van der Waals surface area contributed by atoms with Gasteiger partial charge in [0.1, 0.15) is 0 Å². The summed E-state index contributed by atoms with van der Waals surface area (Å²) in [6.45, 7) is 9.02. The molecule has 1 N–H and O–H groups in total. The van der Waals surface area contributed by atoms with E-state index in [0.29, 0.717) is 24.0 Å². The Hall–Kier alpha value is -2.01. The second kappa shape index (κ2) is 10.3. The van der Waals surface area contributed by atoms with Gasteiger partial charge in [-0.15, -0.1) is 21.5 Å². The van der Waals surface area contributed by atoms with Gasteiger partial charge in [0.05, 0.1) is 18.0 Å². The molecule has 2 aromatic heterocycles. The van der Waals surface area contributed by atoms with Crippen LogP contribution in [0.4, 0.5) is 16.0 Å². The van der Waals surface area contributed by atoms with Crippen LogP contribution in [0, 0.1) is 20.8 Å². The van der Waals surface area contributed by atoms with Crippen LogP contribution in [0.2, 0.25) is 0 Å². The number of aromatic nitrogens is 3. The smallest absolute Gasteiger partial charge is 0.230 e. The lowest BCUT2D eigenvalue weighted by Crippen LogP contribution is -2.24. The van der Waals surface area contributed by atoms with Gasteiger partial charge in [0, 0.05) is 31.7 Å². The Kier molecular flexibility index (Phi) is 7.81. The van der Waals surface area contributed by atoms with Gasteiger partial charge in [0.25, 0.3) is 0 Å². The van der Waals surface area contributed by atoms with Crippen LogP contribution >= 0.6 is 34.4 Å². The molecule has 0 saturated heterocycles. The molecule has 0 fully saturated rings. The van der Waals surface area contributed by atoms with E-state index < -0.39 is 0 Å². The van der Waals surface area contributed by atoms with E-state index in [1.165, 1.54) is 28.2 Å². The van der Waals surface area contributed by atoms with Gasteiger partial charge in [-0.05, 0) is 31.9 Å². The summed E-state index contributed by atoms with van der Waals surface area (Å²) in [4.78, 5) is 18.9. The molecule has 1 aromatic carbocycles. The third kappa shape index (κ3) is 5.57. The topological polar surface area (TPSA) is 80.2 Å². The molecule has 0 atom stereocenters. The monoisotopic (exact) mass is 463 g/mol. The van der Waals surface area contributed by atoms with Gasteiger partial charge >= 0.3 is 0 Å². The van der Waals surface area contributed by atoms with Gasteiger partial charge in [-0.1, -0.05) is 40.8 Å². The van der Waals surface area contributed by atoms with Gasteiger partial charge < -0.3 is 10.1 Å². The number of anilines is 3. The summed E-state index contributed by atoms with van der Waals surface area (Å²) < 4.78 is 5.89. The lowest BCUT2D eigenvalue weighted by atomic mass is 10.0. The summed E-state index contributed by atoms with van der Waals surface area (Å²) in [5.41, 5.74) is 5.14. The Balaban J connectivity index is 1.71. The number of amides is 1. The van der Waals surface area contributed by atoms with Crippen molar-refractivity contribution < 1.29 is 9.53 Å². The maximum absolute atomic E-state index is 12.5. The van der Waals surface area contributed by atoms with Crippen LogP contribution in [-0.2, 0) is 15.3 Å². The molecule has 0 radical (unpaired) electrons. The van der Waals surface area contributed by atoms with Crippen molar-refractivity contribution in [1.82, 2.24) is 15.2 Å². The highest BCUT2D eigenvalue weighted by atomic mass is 32.2. The molecule has 1 amide bonds. The summed E-state index contributed by atoms with van der Waals surface area (Å²) in [7, 11) is 1.67. The number of benzene rings is 1. The van der Waals surface area contributed by atoms with Crippen LogP contribution in [0.25, 0.3) is 0 Å². The number of methoxy groups -OCH3 is 1. The molecule has 0 aliphatic carbocycles. The van der Waals surface area contributed by atoms with Crippen molar-refractivity contribution in [3.63, 3.8) is 0 Å². The van der Waals surface area contributed by atoms with Crippen molar-refractivity contribution in [3.8, 4) is 0 Å². The fourth-order valence-corrected chi connectivity index (χ4v) is 5.76. The number of hydrogen-bond donors (Lipinski definition) is 1. The predicted octanol–water partition coefficient (Wildman–Crippen LogP) is 4.96. The van der Waals surface area contributed by atoms with E-state index in [4.69, 9.17) is 9.72 Å². The molecular weight excluding hydrogens is 438 g/mol. The van der Waals surface area contributed by atoms with Crippen LogP contribution in [0.15, 0.2) is 21.9 Å². The summed E-state index contributed by atoms with van der Waals surface area (Å²) in [5.74, 6) is 0.621. The maximum Gasteiger partial charge on any atom is 0.230 e. The largest absolute Gasteiger partial charge is 0.383 e. The van der Waals surface area contributed by atoms with Gasteiger partial charge in [0.2, 0.25) is 11.0 Å². The minimum Gasteiger partial charge on any atom is -0.383 e. The highest BCUT2D eigenvalue weighted by molar-refractivity contribution is 8.00. The molecule has 0 bridgehead atoms. The zero-order chi connectivity index (χ0) is 21.7. The molecule has 3 rings (SSSR count). The fourth-order valence-electron chi connectivity index (χ4n) is 3.11. The first-order valence-electron chi connectivity index (χ1n) is 9.41. The molecule has 7 nitrogen and oxygen atoms in total. The van der Waals surface area contributed by atoms with Crippen molar-refractivity contribution in [1.29, 1.82) is 0 Å².